The summed E-state index contributed by atoms with van der Waals surface area (Å²) < 4.78 is 35.6. The predicted molar refractivity (Wildman–Crippen MR) is 112 cm³/mol. The van der Waals surface area contributed by atoms with Gasteiger partial charge in [0.1, 0.15) is 5.82 Å². The molecule has 2 aromatic carbocycles. The number of nitrogens with one attached hydrogen (secondary N) is 2. The lowest BCUT2D eigenvalue weighted by Gasteiger charge is -2.12. The predicted octanol–water partition coefficient (Wildman–Crippen LogP) is 2.00. The summed E-state index contributed by atoms with van der Waals surface area (Å²) in [6.07, 6.45) is 0.668. The maximum Gasteiger partial charge on any atom is 0.238 e. The third-order valence-corrected chi connectivity index (χ3v) is 4.46. The lowest BCUT2D eigenvalue weighted by atomic mass is 10.1. The molecular weight excluding hydrogens is 470 g/mol. The van der Waals surface area contributed by atoms with Gasteiger partial charge in [0.05, 0.1) is 4.90 Å². The van der Waals surface area contributed by atoms with Crippen LogP contribution in [-0.4, -0.2) is 28.0 Å². The van der Waals surface area contributed by atoms with Crippen LogP contribution >= 0.6 is 24.0 Å². The van der Waals surface area contributed by atoms with E-state index in [-0.39, 0.29) is 34.7 Å². The Kier molecular flexibility index (Phi) is 8.96. The average Bonchev–Trinajstić information content (AvgIpc) is 2.57. The standard InChI is InChI=1S/C17H21FN4O2S.HI/c1-20-17(21-10-9-13-3-2-4-15(18)11-13)22-12-14-5-7-16(8-6-14)25(19,23)24;/h2-8,11H,9-10,12H2,1H3,(H2,19,23,24)(H2,20,21,22);1H. The number of hydrogen-bond acceptors (Lipinski definition) is 3. The van der Waals surface area contributed by atoms with Crippen molar-refractivity contribution in [2.24, 2.45) is 10.1 Å². The van der Waals surface area contributed by atoms with E-state index in [1.807, 2.05) is 6.07 Å². The highest BCUT2D eigenvalue weighted by atomic mass is 127. The minimum atomic E-state index is -3.68. The molecule has 0 aromatic heterocycles. The summed E-state index contributed by atoms with van der Waals surface area (Å²) in [6, 6.07) is 12.8. The summed E-state index contributed by atoms with van der Waals surface area (Å²) in [4.78, 5) is 4.19. The topological polar surface area (TPSA) is 96.6 Å². The van der Waals surface area contributed by atoms with Crippen molar-refractivity contribution in [3.05, 3.63) is 65.5 Å². The number of primary sulfonamides is 1. The SMILES string of the molecule is CN=C(NCCc1cccc(F)c1)NCc1ccc(S(N)(=O)=O)cc1.I. The summed E-state index contributed by atoms with van der Waals surface area (Å²) in [7, 11) is -2.03. The van der Waals surface area contributed by atoms with Crippen molar-refractivity contribution in [2.75, 3.05) is 13.6 Å². The molecule has 6 nitrogen and oxygen atoms in total. The van der Waals surface area contributed by atoms with Crippen LogP contribution in [0.15, 0.2) is 58.4 Å². The Hall–Kier alpha value is -1.72. The molecule has 0 saturated carbocycles. The van der Waals surface area contributed by atoms with Gasteiger partial charge in [-0.05, 0) is 41.8 Å². The van der Waals surface area contributed by atoms with Gasteiger partial charge < -0.3 is 10.6 Å². The van der Waals surface area contributed by atoms with Gasteiger partial charge in [0.2, 0.25) is 10.0 Å². The Labute approximate surface area is 170 Å². The number of nitrogens with zero attached hydrogens (tertiary/aromatic N) is 1. The highest BCUT2D eigenvalue weighted by Gasteiger charge is 2.07. The van der Waals surface area contributed by atoms with Crippen molar-refractivity contribution in [3.8, 4) is 0 Å². The molecule has 4 N–H and O–H groups in total. The highest BCUT2D eigenvalue weighted by Crippen LogP contribution is 2.08. The lowest BCUT2D eigenvalue weighted by Crippen LogP contribution is -2.37. The van der Waals surface area contributed by atoms with Gasteiger partial charge in [0, 0.05) is 20.1 Å². The van der Waals surface area contributed by atoms with E-state index in [9.17, 15) is 12.8 Å². The van der Waals surface area contributed by atoms with Gasteiger partial charge in [-0.15, -0.1) is 24.0 Å². The fraction of sp³-hybridized carbons (Fsp3) is 0.235. The first kappa shape index (κ1) is 22.3. The minimum absolute atomic E-state index is 0. The van der Waals surface area contributed by atoms with E-state index >= 15 is 0 Å². The number of sulfonamides is 1. The second kappa shape index (κ2) is 10.4. The van der Waals surface area contributed by atoms with Crippen LogP contribution < -0.4 is 15.8 Å². The van der Waals surface area contributed by atoms with E-state index in [0.717, 1.165) is 11.1 Å². The molecule has 0 amide bonds. The van der Waals surface area contributed by atoms with Gasteiger partial charge in [0.15, 0.2) is 5.96 Å². The summed E-state index contributed by atoms with van der Waals surface area (Å²) >= 11 is 0. The molecule has 0 fully saturated rings. The first-order chi connectivity index (χ1) is 11.9. The van der Waals surface area contributed by atoms with Crippen LogP contribution in [0.4, 0.5) is 4.39 Å². The Morgan fingerprint density at radius 3 is 2.38 bits per heavy atom. The number of nitrogens with two attached hydrogens (primary N) is 1. The monoisotopic (exact) mass is 492 g/mol. The van der Waals surface area contributed by atoms with Crippen LogP contribution in [0.25, 0.3) is 0 Å². The summed E-state index contributed by atoms with van der Waals surface area (Å²) in [5, 5.41) is 11.3. The van der Waals surface area contributed by atoms with Crippen LogP contribution in [0, 0.1) is 5.82 Å². The van der Waals surface area contributed by atoms with Crippen LogP contribution in [0.1, 0.15) is 11.1 Å². The maximum atomic E-state index is 13.1. The molecule has 0 aliphatic rings. The number of guanidine groups is 1. The number of rotatable bonds is 6. The van der Waals surface area contributed by atoms with Crippen LogP contribution in [0.3, 0.4) is 0 Å². The van der Waals surface area contributed by atoms with Gasteiger partial charge in [-0.3, -0.25) is 4.99 Å². The van der Waals surface area contributed by atoms with Crippen LogP contribution in [0.2, 0.25) is 0 Å². The molecule has 0 aliphatic carbocycles. The zero-order valence-electron chi connectivity index (χ0n) is 14.3. The molecule has 0 atom stereocenters. The van der Waals surface area contributed by atoms with Crippen LogP contribution in [0.5, 0.6) is 0 Å². The largest absolute Gasteiger partial charge is 0.356 e. The Bertz CT molecular complexity index is 842. The molecule has 0 aliphatic heterocycles. The molecule has 0 bridgehead atoms. The van der Waals surface area contributed by atoms with Gasteiger partial charge in [-0.2, -0.15) is 0 Å². The van der Waals surface area contributed by atoms with E-state index in [1.165, 1.54) is 24.3 Å². The van der Waals surface area contributed by atoms with Gasteiger partial charge >= 0.3 is 0 Å². The second-order valence-corrected chi connectivity index (χ2v) is 6.98. The van der Waals surface area contributed by atoms with E-state index in [0.29, 0.717) is 25.5 Å². The molecule has 142 valence electrons. The zero-order chi connectivity index (χ0) is 18.3. The van der Waals surface area contributed by atoms with Gasteiger partial charge in [0.25, 0.3) is 0 Å². The summed E-state index contributed by atoms with van der Waals surface area (Å²) in [6.45, 7) is 1.08. The molecule has 0 unspecified atom stereocenters. The summed E-state index contributed by atoms with van der Waals surface area (Å²) in [5.41, 5.74) is 1.79. The van der Waals surface area contributed by atoms with Crippen molar-refractivity contribution >= 4 is 40.0 Å². The van der Waals surface area contributed by atoms with E-state index in [4.69, 9.17) is 5.14 Å². The number of halogens is 2. The first-order valence-corrected chi connectivity index (χ1v) is 9.24. The smallest absolute Gasteiger partial charge is 0.238 e. The molecule has 9 heteroatoms. The highest BCUT2D eigenvalue weighted by molar-refractivity contribution is 14.0. The molecule has 2 aromatic rings. The molecule has 26 heavy (non-hydrogen) atoms. The Morgan fingerprint density at radius 1 is 1.12 bits per heavy atom. The third kappa shape index (κ3) is 7.26. The molecule has 0 radical (unpaired) electrons. The second-order valence-electron chi connectivity index (χ2n) is 5.42. The minimum Gasteiger partial charge on any atom is -0.356 e. The number of aliphatic imine (C=N–C) groups is 1. The molecule has 0 heterocycles. The van der Waals surface area contributed by atoms with Crippen molar-refractivity contribution < 1.29 is 12.8 Å². The molecule has 2 rings (SSSR count). The Morgan fingerprint density at radius 2 is 1.81 bits per heavy atom. The molecular formula is C17H22FIN4O2S. The lowest BCUT2D eigenvalue weighted by molar-refractivity contribution is 0.597. The van der Waals surface area contributed by atoms with E-state index in [2.05, 4.69) is 15.6 Å². The zero-order valence-corrected chi connectivity index (χ0v) is 17.4. The summed E-state index contributed by atoms with van der Waals surface area (Å²) in [5.74, 6) is 0.356. The van der Waals surface area contributed by atoms with Crippen LogP contribution in [-0.2, 0) is 23.0 Å². The average molecular weight is 492 g/mol. The number of benzene rings is 2. The maximum absolute atomic E-state index is 13.1. The quantitative estimate of drug-likeness (QED) is 0.327. The van der Waals surface area contributed by atoms with Crippen molar-refractivity contribution in [1.82, 2.24) is 10.6 Å². The van der Waals surface area contributed by atoms with Gasteiger partial charge in [-0.25, -0.2) is 17.9 Å². The first-order valence-electron chi connectivity index (χ1n) is 7.69. The van der Waals surface area contributed by atoms with Gasteiger partial charge in [-0.1, -0.05) is 24.3 Å². The number of hydrogen-bond donors (Lipinski definition) is 3. The van der Waals surface area contributed by atoms with Crippen molar-refractivity contribution in [3.63, 3.8) is 0 Å². The molecule has 0 spiro atoms. The van der Waals surface area contributed by atoms with E-state index in [1.54, 1.807) is 25.2 Å². The van der Waals surface area contributed by atoms with E-state index < -0.39 is 10.0 Å². The fourth-order valence-electron chi connectivity index (χ4n) is 2.22. The fourth-order valence-corrected chi connectivity index (χ4v) is 2.74. The third-order valence-electron chi connectivity index (χ3n) is 3.53. The van der Waals surface area contributed by atoms with Crippen molar-refractivity contribution in [1.29, 1.82) is 0 Å². The Balaban J connectivity index is 0.00000338. The molecule has 0 saturated heterocycles. The normalized spacial score (nSPS) is 11.6. The van der Waals surface area contributed by atoms with Crippen molar-refractivity contribution in [2.45, 2.75) is 17.9 Å².